The second kappa shape index (κ2) is 7.97. The van der Waals surface area contributed by atoms with E-state index in [9.17, 15) is 4.79 Å². The molecule has 0 radical (unpaired) electrons. The van der Waals surface area contributed by atoms with Gasteiger partial charge in [-0.3, -0.25) is 9.78 Å². The molecule has 3 aromatic rings. The molecule has 1 amide bonds. The van der Waals surface area contributed by atoms with Crippen molar-refractivity contribution in [2.45, 2.75) is 39.2 Å². The Morgan fingerprint density at radius 3 is 2.68 bits per heavy atom. The molecule has 0 bridgehead atoms. The van der Waals surface area contributed by atoms with Gasteiger partial charge in [-0.2, -0.15) is 0 Å². The second-order valence-electron chi connectivity index (χ2n) is 7.70. The van der Waals surface area contributed by atoms with Gasteiger partial charge in [0.25, 0.3) is 5.91 Å². The van der Waals surface area contributed by atoms with Gasteiger partial charge in [-0.15, -0.1) is 0 Å². The van der Waals surface area contributed by atoms with E-state index in [1.807, 2.05) is 67.7 Å². The average Bonchev–Trinajstić information content (AvgIpc) is 3.15. The highest BCUT2D eigenvalue weighted by atomic mass is 16.2. The molecule has 1 saturated heterocycles. The van der Waals surface area contributed by atoms with Crippen LogP contribution in [-0.4, -0.2) is 38.4 Å². The van der Waals surface area contributed by atoms with Crippen molar-refractivity contribution < 1.29 is 4.79 Å². The smallest absolute Gasteiger partial charge is 0.253 e. The molecular formula is C23H26N4O. The van der Waals surface area contributed by atoms with Gasteiger partial charge in [-0.25, -0.2) is 4.98 Å². The Morgan fingerprint density at radius 2 is 1.93 bits per heavy atom. The van der Waals surface area contributed by atoms with E-state index in [2.05, 4.69) is 20.6 Å². The molecule has 0 saturated carbocycles. The zero-order valence-electron chi connectivity index (χ0n) is 16.5. The van der Waals surface area contributed by atoms with Gasteiger partial charge in [0, 0.05) is 43.2 Å². The van der Waals surface area contributed by atoms with Gasteiger partial charge in [0.2, 0.25) is 0 Å². The van der Waals surface area contributed by atoms with Crippen molar-refractivity contribution in [2.75, 3.05) is 13.1 Å². The largest absolute Gasteiger partial charge is 0.338 e. The maximum Gasteiger partial charge on any atom is 0.253 e. The monoisotopic (exact) mass is 374 g/mol. The Morgan fingerprint density at radius 1 is 1.11 bits per heavy atom. The van der Waals surface area contributed by atoms with Crippen molar-refractivity contribution in [2.24, 2.45) is 0 Å². The molecule has 1 fully saturated rings. The summed E-state index contributed by atoms with van der Waals surface area (Å²) < 4.78 is 2.16. The van der Waals surface area contributed by atoms with Gasteiger partial charge in [0.15, 0.2) is 0 Å². The summed E-state index contributed by atoms with van der Waals surface area (Å²) >= 11 is 0. The first kappa shape index (κ1) is 18.4. The van der Waals surface area contributed by atoms with Crippen molar-refractivity contribution in [1.29, 1.82) is 0 Å². The molecule has 3 heterocycles. The number of hydrogen-bond acceptors (Lipinski definition) is 3. The number of carbonyl (C=O) groups is 1. The molecule has 1 aromatic carbocycles. The first-order chi connectivity index (χ1) is 13.6. The summed E-state index contributed by atoms with van der Waals surface area (Å²) in [5.41, 5.74) is 4.06. The summed E-state index contributed by atoms with van der Waals surface area (Å²) in [7, 11) is 0. The van der Waals surface area contributed by atoms with Gasteiger partial charge < -0.3 is 9.47 Å². The molecule has 5 nitrogen and oxygen atoms in total. The molecule has 144 valence electrons. The Kier molecular flexibility index (Phi) is 5.24. The zero-order valence-corrected chi connectivity index (χ0v) is 16.5. The van der Waals surface area contributed by atoms with Crippen molar-refractivity contribution in [3.05, 3.63) is 83.2 Å². The number of pyridine rings is 1. The lowest BCUT2D eigenvalue weighted by Gasteiger charge is -2.33. The standard InChI is InChI=1S/C23H26N4O/c1-17-12-18(2)14-20(13-17)23(28)27-10-5-6-19(15-27)22-25-9-11-26(22)16-21-7-3-4-8-24-21/h3-4,7-9,11-14,19H,5-6,10,15-16H2,1-2H3/t19-/m0/s1. The van der Waals surface area contributed by atoms with Crippen LogP contribution >= 0.6 is 0 Å². The molecule has 4 rings (SSSR count). The predicted octanol–water partition coefficient (Wildman–Crippen LogP) is 3.96. The first-order valence-electron chi connectivity index (χ1n) is 9.88. The van der Waals surface area contributed by atoms with Crippen LogP contribution in [0.4, 0.5) is 0 Å². The number of likely N-dealkylation sites (tertiary alicyclic amines) is 1. The minimum Gasteiger partial charge on any atom is -0.338 e. The number of carbonyl (C=O) groups excluding carboxylic acids is 1. The Balaban J connectivity index is 1.52. The maximum atomic E-state index is 13.1. The van der Waals surface area contributed by atoms with E-state index in [4.69, 9.17) is 0 Å². The third-order valence-corrected chi connectivity index (χ3v) is 5.35. The fourth-order valence-corrected chi connectivity index (χ4v) is 4.13. The lowest BCUT2D eigenvalue weighted by atomic mass is 9.96. The van der Waals surface area contributed by atoms with E-state index < -0.39 is 0 Å². The van der Waals surface area contributed by atoms with Crippen LogP contribution in [-0.2, 0) is 6.54 Å². The Bertz CT molecular complexity index is 943. The summed E-state index contributed by atoms with van der Waals surface area (Å²) in [6, 6.07) is 12.0. The van der Waals surface area contributed by atoms with Crippen molar-refractivity contribution in [3.8, 4) is 0 Å². The highest BCUT2D eigenvalue weighted by Crippen LogP contribution is 2.27. The van der Waals surface area contributed by atoms with Crippen LogP contribution in [0.2, 0.25) is 0 Å². The van der Waals surface area contributed by atoms with Crippen LogP contribution in [0.3, 0.4) is 0 Å². The van der Waals surface area contributed by atoms with Gasteiger partial charge in [0.1, 0.15) is 5.82 Å². The molecule has 1 atom stereocenters. The normalized spacial score (nSPS) is 16.9. The molecule has 1 aliphatic rings. The van der Waals surface area contributed by atoms with Crippen LogP contribution in [0, 0.1) is 13.8 Å². The zero-order chi connectivity index (χ0) is 19.5. The number of nitrogens with zero attached hydrogens (tertiary/aromatic N) is 4. The number of amides is 1. The highest BCUT2D eigenvalue weighted by Gasteiger charge is 2.28. The molecule has 28 heavy (non-hydrogen) atoms. The van der Waals surface area contributed by atoms with Crippen LogP contribution in [0.25, 0.3) is 0 Å². The summed E-state index contributed by atoms with van der Waals surface area (Å²) in [5, 5.41) is 0. The molecule has 0 unspecified atom stereocenters. The third kappa shape index (κ3) is 3.98. The first-order valence-corrected chi connectivity index (χ1v) is 9.88. The Hall–Kier alpha value is -2.95. The van der Waals surface area contributed by atoms with Gasteiger partial charge >= 0.3 is 0 Å². The van der Waals surface area contributed by atoms with Gasteiger partial charge in [-0.05, 0) is 51.0 Å². The number of rotatable bonds is 4. The number of aromatic nitrogens is 3. The minimum absolute atomic E-state index is 0.124. The molecule has 1 aliphatic heterocycles. The molecule has 0 N–H and O–H groups in total. The van der Waals surface area contributed by atoms with E-state index in [-0.39, 0.29) is 11.8 Å². The molecule has 0 spiro atoms. The quantitative estimate of drug-likeness (QED) is 0.694. The third-order valence-electron chi connectivity index (χ3n) is 5.35. The highest BCUT2D eigenvalue weighted by molar-refractivity contribution is 5.94. The predicted molar refractivity (Wildman–Crippen MR) is 109 cm³/mol. The van der Waals surface area contributed by atoms with Crippen LogP contribution in [0.5, 0.6) is 0 Å². The van der Waals surface area contributed by atoms with Crippen LogP contribution in [0.15, 0.2) is 55.0 Å². The Labute approximate surface area is 166 Å². The summed E-state index contributed by atoms with van der Waals surface area (Å²) in [6.45, 7) is 6.31. The number of benzene rings is 1. The van der Waals surface area contributed by atoms with Crippen LogP contribution < -0.4 is 0 Å². The lowest BCUT2D eigenvalue weighted by molar-refractivity contribution is 0.0703. The van der Waals surface area contributed by atoms with E-state index in [1.54, 1.807) is 0 Å². The molecule has 0 aliphatic carbocycles. The summed E-state index contributed by atoms with van der Waals surface area (Å²) in [5.74, 6) is 1.42. The topological polar surface area (TPSA) is 51.0 Å². The van der Waals surface area contributed by atoms with Crippen molar-refractivity contribution in [1.82, 2.24) is 19.4 Å². The fraction of sp³-hybridized carbons (Fsp3) is 0.348. The fourth-order valence-electron chi connectivity index (χ4n) is 4.13. The molecular weight excluding hydrogens is 348 g/mol. The molecule has 2 aromatic heterocycles. The summed E-state index contributed by atoms with van der Waals surface area (Å²) in [4.78, 5) is 24.1. The van der Waals surface area contributed by atoms with Gasteiger partial charge in [0.05, 0.1) is 12.2 Å². The molecule has 5 heteroatoms. The van der Waals surface area contributed by atoms with Gasteiger partial charge in [-0.1, -0.05) is 23.3 Å². The van der Waals surface area contributed by atoms with Crippen LogP contribution in [0.1, 0.15) is 51.8 Å². The average molecular weight is 374 g/mol. The lowest BCUT2D eigenvalue weighted by Crippen LogP contribution is -2.39. The SMILES string of the molecule is Cc1cc(C)cc(C(=O)N2CCC[C@H](c3nccn3Cc3ccccn3)C2)c1. The van der Waals surface area contributed by atoms with Crippen molar-refractivity contribution >= 4 is 5.91 Å². The maximum absolute atomic E-state index is 13.1. The number of piperidine rings is 1. The minimum atomic E-state index is 0.124. The van der Waals surface area contributed by atoms with Crippen molar-refractivity contribution in [3.63, 3.8) is 0 Å². The number of hydrogen-bond donors (Lipinski definition) is 0. The number of aryl methyl sites for hydroxylation is 2. The van der Waals surface area contributed by atoms with E-state index in [1.165, 1.54) is 0 Å². The number of imidazole rings is 1. The van der Waals surface area contributed by atoms with E-state index in [0.29, 0.717) is 13.1 Å². The van der Waals surface area contributed by atoms with E-state index >= 15 is 0 Å². The van der Waals surface area contributed by atoms with E-state index in [0.717, 1.165) is 47.6 Å². The summed E-state index contributed by atoms with van der Waals surface area (Å²) in [6.07, 6.45) is 7.72. The second-order valence-corrected chi connectivity index (χ2v) is 7.70.